The fourth-order valence-electron chi connectivity index (χ4n) is 3.83. The van der Waals surface area contributed by atoms with Crippen molar-refractivity contribution in [1.29, 1.82) is 0 Å². The van der Waals surface area contributed by atoms with E-state index in [4.69, 9.17) is 28.4 Å². The number of hydrogen-bond donors (Lipinski definition) is 0. The predicted octanol–water partition coefficient (Wildman–Crippen LogP) is 7.15. The Balaban J connectivity index is 3.62. The maximum Gasteiger partial charge on any atom is 0.206 e. The number of benzene rings is 1. The van der Waals surface area contributed by atoms with Crippen LogP contribution in [0.5, 0.6) is 17.2 Å². The van der Waals surface area contributed by atoms with Crippen LogP contribution in [0.1, 0.15) is 94.1 Å². The molecule has 0 saturated heterocycles. The zero-order valence-electron chi connectivity index (χ0n) is 22.8. The Labute approximate surface area is 202 Å². The summed E-state index contributed by atoms with van der Waals surface area (Å²) < 4.78 is 35.6. The first-order chi connectivity index (χ1) is 15.4. The molecule has 192 valence electrons. The van der Waals surface area contributed by atoms with Crippen molar-refractivity contribution in [3.05, 3.63) is 17.7 Å². The smallest absolute Gasteiger partial charge is 0.206 e. The van der Waals surface area contributed by atoms with Crippen molar-refractivity contribution in [3.63, 3.8) is 0 Å². The Hall–Kier alpha value is -1.50. The second-order valence-corrected chi connectivity index (χ2v) is 9.88. The Morgan fingerprint density at radius 2 is 1.06 bits per heavy atom. The van der Waals surface area contributed by atoms with Crippen LogP contribution in [-0.4, -0.2) is 38.7 Å². The lowest BCUT2D eigenvalue weighted by Crippen LogP contribution is -2.23. The van der Waals surface area contributed by atoms with Crippen molar-refractivity contribution in [1.82, 2.24) is 0 Å². The van der Waals surface area contributed by atoms with E-state index in [0.717, 1.165) is 12.0 Å². The number of ether oxygens (including phenoxy) is 6. The first-order valence-electron chi connectivity index (χ1n) is 12.4. The first kappa shape index (κ1) is 29.5. The van der Waals surface area contributed by atoms with Crippen molar-refractivity contribution in [2.24, 2.45) is 11.3 Å². The van der Waals surface area contributed by atoms with E-state index in [1.165, 1.54) is 0 Å². The van der Waals surface area contributed by atoms with Crippen molar-refractivity contribution < 1.29 is 28.4 Å². The van der Waals surface area contributed by atoms with Gasteiger partial charge in [-0.15, -0.1) is 0 Å². The van der Waals surface area contributed by atoms with E-state index in [0.29, 0.717) is 48.9 Å². The third-order valence-electron chi connectivity index (χ3n) is 5.18. The molecule has 0 bridgehead atoms. The first-order valence-corrected chi connectivity index (χ1v) is 12.4. The van der Waals surface area contributed by atoms with Crippen LogP contribution in [0, 0.1) is 11.3 Å². The normalized spacial score (nSPS) is 15.8. The summed E-state index contributed by atoms with van der Waals surface area (Å²) in [6.45, 7) is 24.4. The molecule has 0 aliphatic heterocycles. The van der Waals surface area contributed by atoms with E-state index >= 15 is 0 Å². The van der Waals surface area contributed by atoms with Gasteiger partial charge in [-0.2, -0.15) is 0 Å². The lowest BCUT2D eigenvalue weighted by Gasteiger charge is -2.31. The van der Waals surface area contributed by atoms with Gasteiger partial charge in [0.1, 0.15) is 0 Å². The summed E-state index contributed by atoms with van der Waals surface area (Å²) in [5.74, 6) is 2.41. The van der Waals surface area contributed by atoms with Gasteiger partial charge in [0, 0.05) is 19.8 Å². The van der Waals surface area contributed by atoms with E-state index in [1.54, 1.807) is 0 Å². The molecule has 1 aromatic rings. The van der Waals surface area contributed by atoms with Crippen molar-refractivity contribution in [3.8, 4) is 17.2 Å². The van der Waals surface area contributed by atoms with Crippen LogP contribution >= 0.6 is 0 Å². The molecule has 33 heavy (non-hydrogen) atoms. The number of rotatable bonds is 15. The van der Waals surface area contributed by atoms with Crippen LogP contribution in [0.4, 0.5) is 0 Å². The van der Waals surface area contributed by atoms with Gasteiger partial charge in [0.05, 0.1) is 0 Å². The van der Waals surface area contributed by atoms with Gasteiger partial charge >= 0.3 is 0 Å². The van der Waals surface area contributed by atoms with Gasteiger partial charge in [-0.05, 0) is 82.9 Å². The molecule has 1 aromatic carbocycles. The summed E-state index contributed by atoms with van der Waals surface area (Å²) >= 11 is 0. The van der Waals surface area contributed by atoms with Crippen LogP contribution in [0.2, 0.25) is 0 Å². The predicted molar refractivity (Wildman–Crippen MR) is 133 cm³/mol. The molecule has 6 nitrogen and oxygen atoms in total. The number of hydrogen-bond acceptors (Lipinski definition) is 6. The lowest BCUT2D eigenvalue weighted by atomic mass is 9.76. The molecule has 6 heteroatoms. The highest BCUT2D eigenvalue weighted by molar-refractivity contribution is 5.55. The standard InChI is InChI=1S/C27H48O6/c1-12-28-19(6)31-24-15-22(23(18(4)5)17-27(9,10)11)16-25(32-20(7)29-13-2)26(24)33-21(8)30-14-3/h15-16,18-21,23H,12-14,17H2,1-11H3. The molecule has 0 aliphatic carbocycles. The van der Waals surface area contributed by atoms with E-state index < -0.39 is 18.9 Å². The Morgan fingerprint density at radius 1 is 0.667 bits per heavy atom. The monoisotopic (exact) mass is 468 g/mol. The highest BCUT2D eigenvalue weighted by Gasteiger charge is 2.28. The summed E-state index contributed by atoms with van der Waals surface area (Å²) in [4.78, 5) is 0. The third kappa shape index (κ3) is 10.5. The SMILES string of the molecule is CCOC(C)Oc1cc(C(CC(C)(C)C)C(C)C)cc(OC(C)OCC)c1OC(C)OCC. The van der Waals surface area contributed by atoms with Gasteiger partial charge in [-0.1, -0.05) is 34.6 Å². The zero-order valence-corrected chi connectivity index (χ0v) is 22.8. The molecule has 0 radical (unpaired) electrons. The van der Waals surface area contributed by atoms with Crippen molar-refractivity contribution in [2.45, 2.75) is 107 Å². The average Bonchev–Trinajstić information content (AvgIpc) is 2.68. The quantitative estimate of drug-likeness (QED) is 0.255. The minimum absolute atomic E-state index is 0.173. The van der Waals surface area contributed by atoms with E-state index in [2.05, 4.69) is 46.8 Å². The van der Waals surface area contributed by atoms with Crippen LogP contribution < -0.4 is 14.2 Å². The highest BCUT2D eigenvalue weighted by atomic mass is 16.7. The fraction of sp³-hybridized carbons (Fsp3) is 0.778. The minimum atomic E-state index is -0.467. The fourth-order valence-corrected chi connectivity index (χ4v) is 3.83. The molecule has 4 atom stereocenters. The van der Waals surface area contributed by atoms with Gasteiger partial charge in [0.2, 0.25) is 5.75 Å². The molecular weight excluding hydrogens is 420 g/mol. The molecule has 0 saturated carbocycles. The molecule has 0 aromatic heterocycles. The topological polar surface area (TPSA) is 55.4 Å². The van der Waals surface area contributed by atoms with E-state index in [-0.39, 0.29) is 5.41 Å². The molecule has 0 spiro atoms. The van der Waals surface area contributed by atoms with Gasteiger partial charge in [-0.25, -0.2) is 0 Å². The van der Waals surface area contributed by atoms with Crippen LogP contribution in [0.15, 0.2) is 12.1 Å². The Kier molecular flexibility index (Phi) is 12.6. The summed E-state index contributed by atoms with van der Waals surface area (Å²) in [6.07, 6.45) is -0.313. The van der Waals surface area contributed by atoms with E-state index in [9.17, 15) is 0 Å². The van der Waals surface area contributed by atoms with Crippen molar-refractivity contribution >= 4 is 0 Å². The van der Waals surface area contributed by atoms with Gasteiger partial charge in [-0.3, -0.25) is 0 Å². The largest absolute Gasteiger partial charge is 0.461 e. The van der Waals surface area contributed by atoms with Crippen LogP contribution in [0.3, 0.4) is 0 Å². The van der Waals surface area contributed by atoms with Crippen LogP contribution in [-0.2, 0) is 14.2 Å². The van der Waals surface area contributed by atoms with Crippen LogP contribution in [0.25, 0.3) is 0 Å². The minimum Gasteiger partial charge on any atom is -0.461 e. The molecule has 4 unspecified atom stereocenters. The molecular formula is C27H48O6. The summed E-state index contributed by atoms with van der Waals surface area (Å²) in [5.41, 5.74) is 1.32. The highest BCUT2D eigenvalue weighted by Crippen LogP contribution is 2.45. The second-order valence-electron chi connectivity index (χ2n) is 9.88. The lowest BCUT2D eigenvalue weighted by molar-refractivity contribution is -0.0849. The summed E-state index contributed by atoms with van der Waals surface area (Å²) in [5, 5.41) is 0. The van der Waals surface area contributed by atoms with E-state index in [1.807, 2.05) is 41.5 Å². The molecule has 0 N–H and O–H groups in total. The van der Waals surface area contributed by atoms with Crippen molar-refractivity contribution in [2.75, 3.05) is 19.8 Å². The zero-order chi connectivity index (χ0) is 25.2. The Bertz CT molecular complexity index is 647. The maximum absolute atomic E-state index is 6.22. The second kappa shape index (κ2) is 14.0. The molecule has 0 amide bonds. The van der Waals surface area contributed by atoms with Gasteiger partial charge in [0.15, 0.2) is 30.4 Å². The summed E-state index contributed by atoms with van der Waals surface area (Å²) in [6, 6.07) is 4.14. The maximum atomic E-state index is 6.22. The molecule has 0 aliphatic rings. The third-order valence-corrected chi connectivity index (χ3v) is 5.18. The van der Waals surface area contributed by atoms with Gasteiger partial charge in [0.25, 0.3) is 0 Å². The molecule has 1 rings (SSSR count). The molecule has 0 fully saturated rings. The summed E-state index contributed by atoms with van der Waals surface area (Å²) in [7, 11) is 0. The Morgan fingerprint density at radius 3 is 1.39 bits per heavy atom. The average molecular weight is 469 g/mol. The molecule has 0 heterocycles. The van der Waals surface area contributed by atoms with Gasteiger partial charge < -0.3 is 28.4 Å².